The molecule has 1 aromatic carbocycles. The Morgan fingerprint density at radius 3 is 2.72 bits per heavy atom. The Balaban J connectivity index is 1.82. The summed E-state index contributed by atoms with van der Waals surface area (Å²) in [6.07, 6.45) is 1.07. The molecule has 1 heterocycles. The highest BCUT2D eigenvalue weighted by molar-refractivity contribution is 5.76. The second kappa shape index (κ2) is 9.46. The van der Waals surface area contributed by atoms with Gasteiger partial charge in [0.05, 0.1) is 13.2 Å². The normalized spacial score (nSPS) is 15.7. The van der Waals surface area contributed by atoms with Crippen LogP contribution in [0.3, 0.4) is 0 Å². The number of hydrogen-bond acceptors (Lipinski definition) is 4. The van der Waals surface area contributed by atoms with Crippen molar-refractivity contribution in [2.45, 2.75) is 26.2 Å². The number of carbonyl (C=O) groups is 2. The van der Waals surface area contributed by atoms with Crippen LogP contribution in [-0.4, -0.2) is 61.0 Å². The van der Waals surface area contributed by atoms with E-state index in [4.69, 9.17) is 4.74 Å². The standard InChI is InChI=1S/C18H24F2N2O3/c1-2-25-18(24)13-21-8-3-9-22(11-10-21)17(23)7-4-14-12-15(19)5-6-16(14)20/h5-6,12H,2-4,7-11,13H2,1H3. The Hall–Kier alpha value is -2.02. The highest BCUT2D eigenvalue weighted by Crippen LogP contribution is 2.13. The molecule has 25 heavy (non-hydrogen) atoms. The smallest absolute Gasteiger partial charge is 0.320 e. The van der Waals surface area contributed by atoms with Gasteiger partial charge in [0, 0.05) is 32.6 Å². The average molecular weight is 354 g/mol. The number of rotatable bonds is 6. The molecule has 1 aromatic rings. The molecule has 0 bridgehead atoms. The molecule has 138 valence electrons. The van der Waals surface area contributed by atoms with E-state index < -0.39 is 11.6 Å². The van der Waals surface area contributed by atoms with E-state index in [-0.39, 0.29) is 36.8 Å². The first-order chi connectivity index (χ1) is 12.0. The van der Waals surface area contributed by atoms with Crippen LogP contribution in [0.4, 0.5) is 8.78 Å². The molecule has 7 heteroatoms. The van der Waals surface area contributed by atoms with E-state index in [0.717, 1.165) is 31.2 Å². The van der Waals surface area contributed by atoms with Crippen LogP contribution in [0.15, 0.2) is 18.2 Å². The Morgan fingerprint density at radius 2 is 1.96 bits per heavy atom. The van der Waals surface area contributed by atoms with Crippen molar-refractivity contribution in [2.75, 3.05) is 39.3 Å². The topological polar surface area (TPSA) is 49.9 Å². The number of nitrogens with zero attached hydrogens (tertiary/aromatic N) is 2. The minimum absolute atomic E-state index is 0.0818. The van der Waals surface area contributed by atoms with Gasteiger partial charge in [0.15, 0.2) is 0 Å². The van der Waals surface area contributed by atoms with E-state index in [1.807, 2.05) is 4.90 Å². The van der Waals surface area contributed by atoms with E-state index in [1.165, 1.54) is 0 Å². The molecule has 5 nitrogen and oxygen atoms in total. The molecule has 0 atom stereocenters. The third-order valence-electron chi connectivity index (χ3n) is 4.22. The molecule has 0 N–H and O–H groups in total. The molecular formula is C18H24F2N2O3. The molecule has 1 saturated heterocycles. The van der Waals surface area contributed by atoms with Crippen LogP contribution in [0, 0.1) is 11.6 Å². The molecule has 1 fully saturated rings. The number of ether oxygens (including phenoxy) is 1. The van der Waals surface area contributed by atoms with E-state index in [0.29, 0.717) is 26.2 Å². The fourth-order valence-electron chi connectivity index (χ4n) is 2.90. The molecule has 1 amide bonds. The predicted octanol–water partition coefficient (Wildman–Crippen LogP) is 1.99. The maximum atomic E-state index is 13.6. The molecule has 2 rings (SSSR count). The highest BCUT2D eigenvalue weighted by atomic mass is 19.1. The van der Waals surface area contributed by atoms with Crippen LogP contribution in [0.5, 0.6) is 0 Å². The maximum Gasteiger partial charge on any atom is 0.320 e. The Morgan fingerprint density at radius 1 is 1.16 bits per heavy atom. The van der Waals surface area contributed by atoms with Gasteiger partial charge in [-0.1, -0.05) is 0 Å². The van der Waals surface area contributed by atoms with Gasteiger partial charge in [-0.25, -0.2) is 8.78 Å². The Bertz CT molecular complexity index is 610. The molecule has 0 unspecified atom stereocenters. The predicted molar refractivity (Wildman–Crippen MR) is 88.9 cm³/mol. The summed E-state index contributed by atoms with van der Waals surface area (Å²) in [4.78, 5) is 27.6. The molecule has 1 aliphatic rings. The van der Waals surface area contributed by atoms with Crippen molar-refractivity contribution >= 4 is 11.9 Å². The fourth-order valence-corrected chi connectivity index (χ4v) is 2.90. The molecule has 0 aromatic heterocycles. The summed E-state index contributed by atoms with van der Waals surface area (Å²) in [7, 11) is 0. The van der Waals surface area contributed by atoms with Crippen molar-refractivity contribution in [2.24, 2.45) is 0 Å². The maximum absolute atomic E-state index is 13.6. The third kappa shape index (κ3) is 6.08. The molecule has 0 radical (unpaired) electrons. The highest BCUT2D eigenvalue weighted by Gasteiger charge is 2.21. The molecular weight excluding hydrogens is 330 g/mol. The van der Waals surface area contributed by atoms with Crippen LogP contribution >= 0.6 is 0 Å². The zero-order chi connectivity index (χ0) is 18.2. The lowest BCUT2D eigenvalue weighted by Gasteiger charge is -2.21. The molecule has 1 aliphatic heterocycles. The van der Waals surface area contributed by atoms with Gasteiger partial charge in [0.25, 0.3) is 0 Å². The summed E-state index contributed by atoms with van der Waals surface area (Å²) in [5.41, 5.74) is 0.215. The van der Waals surface area contributed by atoms with Crippen LogP contribution in [0.2, 0.25) is 0 Å². The first-order valence-corrected chi connectivity index (χ1v) is 8.59. The van der Waals surface area contributed by atoms with E-state index in [2.05, 4.69) is 0 Å². The summed E-state index contributed by atoms with van der Waals surface area (Å²) in [6.45, 7) is 4.79. The number of esters is 1. The van der Waals surface area contributed by atoms with Crippen molar-refractivity contribution in [3.05, 3.63) is 35.4 Å². The summed E-state index contributed by atoms with van der Waals surface area (Å²) < 4.78 is 31.7. The summed E-state index contributed by atoms with van der Waals surface area (Å²) in [6, 6.07) is 3.27. The lowest BCUT2D eigenvalue weighted by Crippen LogP contribution is -2.37. The zero-order valence-corrected chi connectivity index (χ0v) is 14.5. The van der Waals surface area contributed by atoms with Crippen LogP contribution < -0.4 is 0 Å². The third-order valence-corrected chi connectivity index (χ3v) is 4.22. The van der Waals surface area contributed by atoms with Gasteiger partial charge in [-0.3, -0.25) is 14.5 Å². The van der Waals surface area contributed by atoms with Gasteiger partial charge in [0.2, 0.25) is 5.91 Å². The number of aryl methyl sites for hydroxylation is 1. The SMILES string of the molecule is CCOC(=O)CN1CCCN(C(=O)CCc2cc(F)ccc2F)CC1. The zero-order valence-electron chi connectivity index (χ0n) is 14.5. The van der Waals surface area contributed by atoms with Crippen molar-refractivity contribution in [3.8, 4) is 0 Å². The second-order valence-electron chi connectivity index (χ2n) is 6.05. The first-order valence-electron chi connectivity index (χ1n) is 8.59. The van der Waals surface area contributed by atoms with Gasteiger partial charge in [-0.2, -0.15) is 0 Å². The molecule has 0 spiro atoms. The number of amides is 1. The number of benzene rings is 1. The van der Waals surface area contributed by atoms with Crippen molar-refractivity contribution < 1.29 is 23.1 Å². The van der Waals surface area contributed by atoms with Crippen molar-refractivity contribution in [1.82, 2.24) is 9.80 Å². The number of hydrogen-bond donors (Lipinski definition) is 0. The quantitative estimate of drug-likeness (QED) is 0.733. The summed E-state index contributed by atoms with van der Waals surface area (Å²) >= 11 is 0. The summed E-state index contributed by atoms with van der Waals surface area (Å²) in [5, 5.41) is 0. The van der Waals surface area contributed by atoms with Crippen LogP contribution in [0.1, 0.15) is 25.3 Å². The summed E-state index contributed by atoms with van der Waals surface area (Å²) in [5.74, 6) is -1.34. The monoisotopic (exact) mass is 354 g/mol. The first kappa shape index (κ1) is 19.3. The fraction of sp³-hybridized carbons (Fsp3) is 0.556. The van der Waals surface area contributed by atoms with Gasteiger partial charge in [-0.15, -0.1) is 0 Å². The second-order valence-corrected chi connectivity index (χ2v) is 6.05. The molecule has 0 saturated carbocycles. The largest absolute Gasteiger partial charge is 0.465 e. The Labute approximate surface area is 146 Å². The lowest BCUT2D eigenvalue weighted by atomic mass is 10.1. The van der Waals surface area contributed by atoms with E-state index in [1.54, 1.807) is 11.8 Å². The van der Waals surface area contributed by atoms with E-state index in [9.17, 15) is 18.4 Å². The van der Waals surface area contributed by atoms with Gasteiger partial charge < -0.3 is 9.64 Å². The Kier molecular flexibility index (Phi) is 7.31. The number of carbonyl (C=O) groups excluding carboxylic acids is 2. The van der Waals surface area contributed by atoms with Crippen LogP contribution in [0.25, 0.3) is 0 Å². The van der Waals surface area contributed by atoms with Crippen LogP contribution in [-0.2, 0) is 20.7 Å². The lowest BCUT2D eigenvalue weighted by molar-refractivity contribution is -0.144. The van der Waals surface area contributed by atoms with Crippen molar-refractivity contribution in [3.63, 3.8) is 0 Å². The minimum Gasteiger partial charge on any atom is -0.465 e. The number of halogens is 2. The van der Waals surface area contributed by atoms with Gasteiger partial charge in [0.1, 0.15) is 11.6 Å². The minimum atomic E-state index is -0.506. The molecule has 0 aliphatic carbocycles. The van der Waals surface area contributed by atoms with Gasteiger partial charge in [-0.05, 0) is 43.5 Å². The average Bonchev–Trinajstić information content (AvgIpc) is 2.81. The van der Waals surface area contributed by atoms with E-state index >= 15 is 0 Å². The van der Waals surface area contributed by atoms with Gasteiger partial charge >= 0.3 is 5.97 Å². The van der Waals surface area contributed by atoms with Crippen molar-refractivity contribution in [1.29, 1.82) is 0 Å².